The zero-order valence-corrected chi connectivity index (χ0v) is 21.9. The highest BCUT2D eigenvalue weighted by atomic mass is 16.5. The third-order valence-electron chi connectivity index (χ3n) is 7.16. The van der Waals surface area contributed by atoms with Gasteiger partial charge in [0.2, 0.25) is 0 Å². The van der Waals surface area contributed by atoms with Crippen LogP contribution in [0.4, 0.5) is 0 Å². The fourth-order valence-electron chi connectivity index (χ4n) is 4.73. The number of benzene rings is 3. The first-order chi connectivity index (χ1) is 18.2. The van der Waals surface area contributed by atoms with E-state index in [-0.39, 0.29) is 6.54 Å². The first kappa shape index (κ1) is 25.6. The maximum Gasteiger partial charge on any atom is 0.440 e. The fourth-order valence-corrected chi connectivity index (χ4v) is 4.73. The number of aliphatic hydroxyl groups is 1. The molecule has 38 heavy (non-hydrogen) atoms. The van der Waals surface area contributed by atoms with Crippen LogP contribution in [0.1, 0.15) is 47.1 Å². The number of aromatic nitrogens is 2. The molecule has 0 spiro atoms. The molecule has 5 rings (SSSR count). The zero-order valence-electron chi connectivity index (χ0n) is 21.9. The summed E-state index contributed by atoms with van der Waals surface area (Å²) in [7, 11) is 0. The predicted molar refractivity (Wildman–Crippen MR) is 144 cm³/mol. The van der Waals surface area contributed by atoms with Crippen molar-refractivity contribution in [3.05, 3.63) is 103 Å². The molecular weight excluding hydrogens is 484 g/mol. The molecule has 0 bridgehead atoms. The molecule has 1 fully saturated rings. The lowest BCUT2D eigenvalue weighted by molar-refractivity contribution is 0.117. The second-order valence-electron chi connectivity index (χ2n) is 10.1. The van der Waals surface area contributed by atoms with E-state index in [1.54, 1.807) is 0 Å². The predicted octanol–water partition coefficient (Wildman–Crippen LogP) is 4.64. The summed E-state index contributed by atoms with van der Waals surface area (Å²) in [5.41, 5.74) is 6.59. The lowest BCUT2D eigenvalue weighted by Crippen LogP contribution is -2.17. The van der Waals surface area contributed by atoms with E-state index < -0.39 is 17.0 Å². The molecule has 198 valence electrons. The monoisotopic (exact) mass is 516 g/mol. The molecule has 0 atom stereocenters. The van der Waals surface area contributed by atoms with Crippen molar-refractivity contribution in [2.24, 2.45) is 0 Å². The highest BCUT2D eigenvalue weighted by Gasteiger charge is 2.39. The molecule has 0 unspecified atom stereocenters. The number of H-pyrrole nitrogens is 1. The molecular formula is C30H32N2O6. The average Bonchev–Trinajstić information content (AvgIpc) is 3.52. The largest absolute Gasteiger partial charge is 0.493 e. The Hall–Kier alpha value is -4.04. The van der Waals surface area contributed by atoms with E-state index >= 15 is 0 Å². The molecule has 0 saturated heterocycles. The molecule has 1 aliphatic rings. The Kier molecular flexibility index (Phi) is 6.99. The minimum Gasteiger partial charge on any atom is -0.493 e. The van der Waals surface area contributed by atoms with E-state index in [1.165, 1.54) is 5.56 Å². The summed E-state index contributed by atoms with van der Waals surface area (Å²) in [5.74, 6) is 0.759. The van der Waals surface area contributed by atoms with Gasteiger partial charge in [0.15, 0.2) is 0 Å². The number of nitrogens with zero attached hydrogens (tertiary/aromatic N) is 1. The lowest BCUT2D eigenvalue weighted by Gasteiger charge is -2.18. The van der Waals surface area contributed by atoms with E-state index in [1.807, 2.05) is 30.3 Å². The number of hydrogen-bond donors (Lipinski definition) is 2. The average molecular weight is 517 g/mol. The maximum absolute atomic E-state index is 11.6. The summed E-state index contributed by atoms with van der Waals surface area (Å²) in [6, 6.07) is 17.7. The second kappa shape index (κ2) is 10.4. The van der Waals surface area contributed by atoms with Crippen molar-refractivity contribution < 1.29 is 19.1 Å². The molecule has 0 amide bonds. The first-order valence-electron chi connectivity index (χ1n) is 12.8. The molecule has 1 saturated carbocycles. The van der Waals surface area contributed by atoms with Crippen molar-refractivity contribution in [3.63, 3.8) is 0 Å². The summed E-state index contributed by atoms with van der Waals surface area (Å²) >= 11 is 0. The van der Waals surface area contributed by atoms with Crippen LogP contribution >= 0.6 is 0 Å². The highest BCUT2D eigenvalue weighted by Crippen LogP contribution is 2.39. The van der Waals surface area contributed by atoms with Crippen LogP contribution in [-0.2, 0) is 13.2 Å². The molecule has 8 heteroatoms. The standard InChI is InChI=1S/C30H32N2O6/c1-19-15-25(36-14-13-30(35)11-12-30)16-20(2)27(19)26-6-4-5-23(21(26)3)18-37-24-9-7-22(8-10-24)17-32-28(33)31-29(34)38-32/h4-10,15-16,35H,11-14,17-18H2,1-3H3,(H,31,33,34). The molecule has 1 aliphatic carbocycles. The van der Waals surface area contributed by atoms with Gasteiger partial charge in [-0.15, -0.1) is 4.74 Å². The molecule has 0 radical (unpaired) electrons. The van der Waals surface area contributed by atoms with Gasteiger partial charge in [-0.3, -0.25) is 0 Å². The van der Waals surface area contributed by atoms with Gasteiger partial charge >= 0.3 is 11.4 Å². The van der Waals surface area contributed by atoms with Crippen molar-refractivity contribution in [3.8, 4) is 22.6 Å². The van der Waals surface area contributed by atoms with E-state index in [2.05, 4.69) is 50.0 Å². The van der Waals surface area contributed by atoms with Crippen LogP contribution in [0, 0.1) is 20.8 Å². The van der Waals surface area contributed by atoms with Crippen LogP contribution in [-0.4, -0.2) is 27.0 Å². The van der Waals surface area contributed by atoms with Crippen molar-refractivity contribution >= 4 is 0 Å². The van der Waals surface area contributed by atoms with Crippen LogP contribution < -0.4 is 20.9 Å². The van der Waals surface area contributed by atoms with Gasteiger partial charge < -0.3 is 19.1 Å². The summed E-state index contributed by atoms with van der Waals surface area (Å²) < 4.78 is 17.8. The van der Waals surface area contributed by atoms with Crippen molar-refractivity contribution in [1.82, 2.24) is 9.72 Å². The van der Waals surface area contributed by atoms with Crippen LogP contribution in [0.3, 0.4) is 0 Å². The molecule has 8 nitrogen and oxygen atoms in total. The van der Waals surface area contributed by atoms with Crippen molar-refractivity contribution in [1.29, 1.82) is 0 Å². The van der Waals surface area contributed by atoms with Crippen LogP contribution in [0.5, 0.6) is 11.5 Å². The molecule has 1 aromatic heterocycles. The number of ether oxygens (including phenoxy) is 2. The van der Waals surface area contributed by atoms with Gasteiger partial charge in [-0.05, 0) is 96.8 Å². The van der Waals surface area contributed by atoms with E-state index in [4.69, 9.17) is 14.0 Å². The van der Waals surface area contributed by atoms with E-state index in [9.17, 15) is 14.7 Å². The highest BCUT2D eigenvalue weighted by molar-refractivity contribution is 5.75. The Bertz CT molecular complexity index is 1530. The number of nitrogens with one attached hydrogen (secondary N) is 1. The van der Waals surface area contributed by atoms with Gasteiger partial charge in [-0.2, -0.15) is 0 Å². The summed E-state index contributed by atoms with van der Waals surface area (Å²) in [6.45, 7) is 7.39. The second-order valence-corrected chi connectivity index (χ2v) is 10.1. The van der Waals surface area contributed by atoms with Gasteiger partial charge in [0, 0.05) is 6.42 Å². The lowest BCUT2D eigenvalue weighted by atomic mass is 9.90. The van der Waals surface area contributed by atoms with E-state index in [0.717, 1.165) is 56.7 Å². The molecule has 2 N–H and O–H groups in total. The van der Waals surface area contributed by atoms with Crippen molar-refractivity contribution in [2.45, 2.75) is 58.8 Å². The zero-order chi connectivity index (χ0) is 26.9. The molecule has 4 aromatic rings. The Morgan fingerprint density at radius 2 is 1.68 bits per heavy atom. The van der Waals surface area contributed by atoms with Gasteiger partial charge in [0.1, 0.15) is 18.1 Å². The van der Waals surface area contributed by atoms with Crippen LogP contribution in [0.2, 0.25) is 0 Å². The van der Waals surface area contributed by atoms with E-state index in [0.29, 0.717) is 25.4 Å². The smallest absolute Gasteiger partial charge is 0.440 e. The minimum atomic E-state index is -0.772. The third kappa shape index (κ3) is 5.75. The van der Waals surface area contributed by atoms with Crippen molar-refractivity contribution in [2.75, 3.05) is 6.61 Å². The Labute approximate surface area is 220 Å². The third-order valence-corrected chi connectivity index (χ3v) is 7.16. The first-order valence-corrected chi connectivity index (χ1v) is 12.8. The SMILES string of the molecule is Cc1cc(OCCC2(O)CC2)cc(C)c1-c1cccc(COc2ccc(Cn3oc(=O)[nH]c3=O)cc2)c1C. The molecule has 1 heterocycles. The summed E-state index contributed by atoms with van der Waals surface area (Å²) in [4.78, 5) is 24.9. The number of aromatic amines is 1. The molecule has 3 aromatic carbocycles. The number of hydrogen-bond acceptors (Lipinski definition) is 6. The van der Waals surface area contributed by atoms with Gasteiger partial charge in [0.25, 0.3) is 0 Å². The number of aryl methyl sites for hydroxylation is 2. The van der Waals surface area contributed by atoms with Gasteiger partial charge in [-0.25, -0.2) is 14.6 Å². The summed E-state index contributed by atoms with van der Waals surface area (Å²) in [5, 5.41) is 10.0. The Morgan fingerprint density at radius 1 is 0.974 bits per heavy atom. The quantitative estimate of drug-likeness (QED) is 0.318. The van der Waals surface area contributed by atoms with Gasteiger partial charge in [0.05, 0.1) is 18.8 Å². The van der Waals surface area contributed by atoms with Crippen LogP contribution in [0.15, 0.2) is 68.7 Å². The maximum atomic E-state index is 11.6. The summed E-state index contributed by atoms with van der Waals surface area (Å²) in [6.07, 6.45) is 2.41. The number of rotatable bonds is 10. The topological polar surface area (TPSA) is 107 Å². The van der Waals surface area contributed by atoms with Gasteiger partial charge in [-0.1, -0.05) is 30.3 Å². The van der Waals surface area contributed by atoms with Crippen LogP contribution in [0.25, 0.3) is 11.1 Å². The molecule has 0 aliphatic heterocycles. The Morgan fingerprint density at radius 3 is 2.32 bits per heavy atom. The fraction of sp³-hybridized carbons (Fsp3) is 0.333. The normalized spacial score (nSPS) is 13.9. The minimum absolute atomic E-state index is 0.156. The Balaban J connectivity index is 1.26.